The maximum absolute atomic E-state index is 9.46. The highest BCUT2D eigenvalue weighted by Gasteiger charge is 1.99. The van der Waals surface area contributed by atoms with E-state index in [9.17, 15) is 5.11 Å². The van der Waals surface area contributed by atoms with Crippen LogP contribution in [0.2, 0.25) is 0 Å². The van der Waals surface area contributed by atoms with E-state index in [4.69, 9.17) is 5.73 Å². The molecule has 66 valence electrons. The van der Waals surface area contributed by atoms with Crippen LogP contribution in [0.15, 0.2) is 23.1 Å². The van der Waals surface area contributed by atoms with Crippen molar-refractivity contribution in [3.63, 3.8) is 0 Å². The number of rotatable bonds is 3. The minimum absolute atomic E-state index is 0.355. The van der Waals surface area contributed by atoms with E-state index in [1.165, 1.54) is 0 Å². The minimum atomic E-state index is 0.355. The van der Waals surface area contributed by atoms with Crippen LogP contribution in [-0.4, -0.2) is 17.9 Å². The van der Waals surface area contributed by atoms with Crippen molar-refractivity contribution in [1.82, 2.24) is 0 Å². The van der Waals surface area contributed by atoms with Crippen molar-refractivity contribution in [2.24, 2.45) is 5.73 Å². The average Bonchev–Trinajstić information content (AvgIpc) is 2.05. The monoisotopic (exact) mass is 183 g/mol. The van der Waals surface area contributed by atoms with Crippen LogP contribution in [0.1, 0.15) is 5.56 Å². The van der Waals surface area contributed by atoms with Crippen LogP contribution in [0.3, 0.4) is 0 Å². The number of phenolic OH excluding ortho intramolecular Hbond substituents is 1. The molecular formula is C9H13NOS. The zero-order chi connectivity index (χ0) is 8.97. The van der Waals surface area contributed by atoms with Crippen molar-refractivity contribution < 1.29 is 5.11 Å². The molecule has 0 atom stereocenters. The summed E-state index contributed by atoms with van der Waals surface area (Å²) in [7, 11) is 0. The normalized spacial score (nSPS) is 10.2. The Bertz CT molecular complexity index is 263. The van der Waals surface area contributed by atoms with E-state index in [1.54, 1.807) is 17.8 Å². The molecule has 0 radical (unpaired) electrons. The van der Waals surface area contributed by atoms with Crippen LogP contribution in [0.4, 0.5) is 0 Å². The average molecular weight is 183 g/mol. The molecule has 1 aromatic carbocycles. The molecule has 0 amide bonds. The highest BCUT2D eigenvalue weighted by Crippen LogP contribution is 2.27. The molecule has 0 spiro atoms. The lowest BCUT2D eigenvalue weighted by Crippen LogP contribution is -2.02. The van der Waals surface area contributed by atoms with Crippen molar-refractivity contribution in [1.29, 1.82) is 0 Å². The van der Waals surface area contributed by atoms with E-state index >= 15 is 0 Å². The highest BCUT2D eigenvalue weighted by atomic mass is 32.2. The predicted octanol–water partition coefficient (Wildman–Crippen LogP) is 1.62. The third kappa shape index (κ3) is 2.16. The summed E-state index contributed by atoms with van der Waals surface area (Å²) in [6, 6.07) is 5.70. The Morgan fingerprint density at radius 2 is 2.25 bits per heavy atom. The Morgan fingerprint density at radius 3 is 2.75 bits per heavy atom. The van der Waals surface area contributed by atoms with Gasteiger partial charge in [-0.15, -0.1) is 11.8 Å². The number of hydrogen-bond acceptors (Lipinski definition) is 3. The van der Waals surface area contributed by atoms with Gasteiger partial charge in [0, 0.05) is 4.90 Å². The molecule has 0 aliphatic heterocycles. The largest absolute Gasteiger partial charge is 0.507 e. The Balaban J connectivity index is 2.86. The summed E-state index contributed by atoms with van der Waals surface area (Å²) in [4.78, 5) is 0.913. The summed E-state index contributed by atoms with van der Waals surface area (Å²) in [5, 5.41) is 9.46. The number of aromatic hydroxyl groups is 1. The summed E-state index contributed by atoms with van der Waals surface area (Å²) in [5.74, 6) is 0.355. The van der Waals surface area contributed by atoms with Gasteiger partial charge in [-0.25, -0.2) is 0 Å². The molecule has 2 nitrogen and oxygen atoms in total. The molecule has 1 rings (SSSR count). The molecule has 0 saturated carbocycles. The fourth-order valence-electron chi connectivity index (χ4n) is 1.06. The van der Waals surface area contributed by atoms with E-state index in [0.29, 0.717) is 12.3 Å². The number of phenols is 1. The molecule has 0 aromatic heterocycles. The van der Waals surface area contributed by atoms with Crippen molar-refractivity contribution in [2.75, 3.05) is 12.8 Å². The molecular weight excluding hydrogens is 170 g/mol. The van der Waals surface area contributed by atoms with E-state index < -0.39 is 0 Å². The number of nitrogens with two attached hydrogens (primary N) is 1. The van der Waals surface area contributed by atoms with Gasteiger partial charge >= 0.3 is 0 Å². The van der Waals surface area contributed by atoms with Crippen LogP contribution in [0, 0.1) is 0 Å². The van der Waals surface area contributed by atoms with Gasteiger partial charge in [0.15, 0.2) is 0 Å². The maximum atomic E-state index is 9.46. The molecule has 1 aromatic rings. The minimum Gasteiger partial charge on any atom is -0.507 e. The van der Waals surface area contributed by atoms with Crippen molar-refractivity contribution in [3.05, 3.63) is 23.8 Å². The Labute approximate surface area is 76.8 Å². The van der Waals surface area contributed by atoms with E-state index in [2.05, 4.69) is 0 Å². The molecule has 0 bridgehead atoms. The molecule has 0 aliphatic rings. The molecule has 12 heavy (non-hydrogen) atoms. The third-order valence-electron chi connectivity index (χ3n) is 1.68. The number of hydrogen-bond donors (Lipinski definition) is 2. The van der Waals surface area contributed by atoms with Gasteiger partial charge in [0.2, 0.25) is 0 Å². The smallest absolute Gasteiger partial charge is 0.129 e. The number of thioether (sulfide) groups is 1. The van der Waals surface area contributed by atoms with Crippen LogP contribution in [-0.2, 0) is 6.42 Å². The standard InChI is InChI=1S/C9H13NOS/c1-12-9-3-2-7(4-5-10)6-8(9)11/h2-3,6,11H,4-5,10H2,1H3. The molecule has 0 aliphatic carbocycles. The summed E-state index contributed by atoms with van der Waals surface area (Å²) in [6.45, 7) is 0.623. The summed E-state index contributed by atoms with van der Waals surface area (Å²) >= 11 is 1.54. The summed E-state index contributed by atoms with van der Waals surface area (Å²) in [5.41, 5.74) is 6.48. The predicted molar refractivity (Wildman–Crippen MR) is 52.6 cm³/mol. The second-order valence-electron chi connectivity index (χ2n) is 2.54. The molecule has 0 unspecified atom stereocenters. The van der Waals surface area contributed by atoms with Crippen LogP contribution >= 0.6 is 11.8 Å². The summed E-state index contributed by atoms with van der Waals surface area (Å²) in [6.07, 6.45) is 2.76. The van der Waals surface area contributed by atoms with Gasteiger partial charge in [0.1, 0.15) is 5.75 Å². The van der Waals surface area contributed by atoms with Gasteiger partial charge in [0.25, 0.3) is 0 Å². The van der Waals surface area contributed by atoms with Crippen LogP contribution < -0.4 is 5.73 Å². The maximum Gasteiger partial charge on any atom is 0.129 e. The fraction of sp³-hybridized carbons (Fsp3) is 0.333. The lowest BCUT2D eigenvalue weighted by Gasteiger charge is -2.03. The second-order valence-corrected chi connectivity index (χ2v) is 3.39. The van der Waals surface area contributed by atoms with E-state index in [1.807, 2.05) is 18.4 Å². The first-order valence-corrected chi connectivity index (χ1v) is 5.06. The van der Waals surface area contributed by atoms with Crippen molar-refractivity contribution in [2.45, 2.75) is 11.3 Å². The second kappa shape index (κ2) is 4.38. The van der Waals surface area contributed by atoms with Gasteiger partial charge in [-0.2, -0.15) is 0 Å². The molecule has 0 saturated heterocycles. The van der Waals surface area contributed by atoms with E-state index in [0.717, 1.165) is 16.9 Å². The lowest BCUT2D eigenvalue weighted by atomic mass is 10.1. The SMILES string of the molecule is CSc1ccc(CCN)cc1O. The molecule has 0 heterocycles. The lowest BCUT2D eigenvalue weighted by molar-refractivity contribution is 0.461. The zero-order valence-corrected chi connectivity index (χ0v) is 7.90. The number of benzene rings is 1. The quantitative estimate of drug-likeness (QED) is 0.700. The topological polar surface area (TPSA) is 46.2 Å². The van der Waals surface area contributed by atoms with Crippen molar-refractivity contribution >= 4 is 11.8 Å². The summed E-state index contributed by atoms with van der Waals surface area (Å²) < 4.78 is 0. The Kier molecular flexibility index (Phi) is 3.44. The molecule has 0 fully saturated rings. The fourth-order valence-corrected chi connectivity index (χ4v) is 1.53. The van der Waals surface area contributed by atoms with Crippen LogP contribution in [0.5, 0.6) is 5.75 Å². The molecule has 3 heteroatoms. The van der Waals surface area contributed by atoms with Gasteiger partial charge in [-0.3, -0.25) is 0 Å². The zero-order valence-electron chi connectivity index (χ0n) is 7.08. The molecule has 3 N–H and O–H groups in total. The Morgan fingerprint density at radius 1 is 1.50 bits per heavy atom. The van der Waals surface area contributed by atoms with Gasteiger partial charge in [-0.05, 0) is 36.9 Å². The highest BCUT2D eigenvalue weighted by molar-refractivity contribution is 7.98. The van der Waals surface area contributed by atoms with Crippen molar-refractivity contribution in [3.8, 4) is 5.75 Å². The van der Waals surface area contributed by atoms with Gasteiger partial charge < -0.3 is 10.8 Å². The van der Waals surface area contributed by atoms with Gasteiger partial charge in [0.05, 0.1) is 0 Å². The first-order chi connectivity index (χ1) is 5.77. The van der Waals surface area contributed by atoms with E-state index in [-0.39, 0.29) is 0 Å². The first-order valence-electron chi connectivity index (χ1n) is 3.84. The van der Waals surface area contributed by atoms with Gasteiger partial charge in [-0.1, -0.05) is 6.07 Å². The Hall–Kier alpha value is -0.670. The first kappa shape index (κ1) is 9.42. The van der Waals surface area contributed by atoms with Crippen LogP contribution in [0.25, 0.3) is 0 Å². The third-order valence-corrected chi connectivity index (χ3v) is 2.46.